The summed E-state index contributed by atoms with van der Waals surface area (Å²) in [6.45, 7) is 3.54. The van der Waals surface area contributed by atoms with Crippen molar-refractivity contribution in [3.8, 4) is 0 Å². The summed E-state index contributed by atoms with van der Waals surface area (Å²) in [5.74, 6) is -0.416. The lowest BCUT2D eigenvalue weighted by Crippen LogP contribution is -2.37. The van der Waals surface area contributed by atoms with Crippen LogP contribution in [0.3, 0.4) is 0 Å². The van der Waals surface area contributed by atoms with Crippen molar-refractivity contribution in [1.29, 1.82) is 0 Å². The number of amides is 1. The summed E-state index contributed by atoms with van der Waals surface area (Å²) < 4.78 is 34.5. The lowest BCUT2D eigenvalue weighted by Gasteiger charge is -2.22. The molecule has 7 heteroatoms. The van der Waals surface area contributed by atoms with Crippen molar-refractivity contribution < 1.29 is 22.7 Å². The second-order valence-corrected chi connectivity index (χ2v) is 7.36. The highest BCUT2D eigenvalue weighted by atomic mass is 32.2. The fourth-order valence-corrected chi connectivity index (χ4v) is 3.24. The van der Waals surface area contributed by atoms with E-state index in [4.69, 9.17) is 9.47 Å². The highest BCUT2D eigenvalue weighted by Crippen LogP contribution is 2.13. The Morgan fingerprint density at radius 3 is 2.04 bits per heavy atom. The molecule has 1 aromatic rings. The number of carbonyl (C=O) groups is 1. The summed E-state index contributed by atoms with van der Waals surface area (Å²) in [7, 11) is -0.344. The van der Waals surface area contributed by atoms with Crippen LogP contribution in [0.4, 0.5) is 0 Å². The first-order valence-corrected chi connectivity index (χ1v) is 9.11. The maximum Gasteiger partial charge on any atom is 0.223 e. The summed E-state index contributed by atoms with van der Waals surface area (Å²) >= 11 is 0. The molecular formula is C16H25NO5S. The Balaban J connectivity index is 2.65. The first-order valence-electron chi connectivity index (χ1n) is 7.46. The normalized spacial score (nSPS) is 11.4. The van der Waals surface area contributed by atoms with E-state index >= 15 is 0 Å². The average Bonchev–Trinajstić information content (AvgIpc) is 2.53. The molecule has 0 unspecified atom stereocenters. The lowest BCUT2D eigenvalue weighted by atomic mass is 10.2. The van der Waals surface area contributed by atoms with E-state index in [1.807, 2.05) is 6.92 Å². The van der Waals surface area contributed by atoms with Crippen LogP contribution < -0.4 is 0 Å². The van der Waals surface area contributed by atoms with Gasteiger partial charge in [0.25, 0.3) is 0 Å². The van der Waals surface area contributed by atoms with Crippen molar-refractivity contribution in [3.05, 3.63) is 29.8 Å². The fourth-order valence-electron chi connectivity index (χ4n) is 2.01. The predicted molar refractivity (Wildman–Crippen MR) is 88.2 cm³/mol. The van der Waals surface area contributed by atoms with Gasteiger partial charge in [0.15, 0.2) is 9.84 Å². The first kappa shape index (κ1) is 19.6. The number of hydrogen-bond donors (Lipinski definition) is 0. The Bertz CT molecular complexity index is 575. The number of methoxy groups -OCH3 is 2. The van der Waals surface area contributed by atoms with E-state index in [1.54, 1.807) is 43.4 Å². The van der Waals surface area contributed by atoms with E-state index in [-0.39, 0.29) is 23.0 Å². The molecule has 0 bridgehead atoms. The van der Waals surface area contributed by atoms with Crippen LogP contribution in [0.2, 0.25) is 0 Å². The van der Waals surface area contributed by atoms with Crippen molar-refractivity contribution in [3.63, 3.8) is 0 Å². The Morgan fingerprint density at radius 1 is 1.04 bits per heavy atom. The van der Waals surface area contributed by atoms with E-state index in [0.717, 1.165) is 5.56 Å². The molecule has 130 valence electrons. The van der Waals surface area contributed by atoms with Gasteiger partial charge < -0.3 is 14.4 Å². The molecule has 0 aliphatic rings. The standard InChI is InChI=1S/C16H25NO5S/c1-14-4-6-15(7-5-14)23(19,20)13-8-16(18)17(9-11-21-2)10-12-22-3/h4-7H,8-13H2,1-3H3. The predicted octanol–water partition coefficient (Wildman–Crippen LogP) is 1.28. The fraction of sp³-hybridized carbons (Fsp3) is 0.562. The number of rotatable bonds is 10. The first-order chi connectivity index (χ1) is 10.9. The number of hydrogen-bond acceptors (Lipinski definition) is 5. The number of benzene rings is 1. The van der Waals surface area contributed by atoms with Crippen LogP contribution in [-0.2, 0) is 24.1 Å². The van der Waals surface area contributed by atoms with E-state index in [0.29, 0.717) is 26.3 Å². The zero-order valence-electron chi connectivity index (χ0n) is 13.9. The van der Waals surface area contributed by atoms with Crippen LogP contribution in [0.15, 0.2) is 29.2 Å². The molecule has 0 spiro atoms. The minimum Gasteiger partial charge on any atom is -0.383 e. The molecule has 0 heterocycles. The van der Waals surface area contributed by atoms with Crippen LogP contribution in [0.1, 0.15) is 12.0 Å². The van der Waals surface area contributed by atoms with Crippen molar-refractivity contribution >= 4 is 15.7 Å². The smallest absolute Gasteiger partial charge is 0.223 e. The molecule has 1 amide bonds. The van der Waals surface area contributed by atoms with E-state index in [9.17, 15) is 13.2 Å². The maximum atomic E-state index is 12.3. The highest BCUT2D eigenvalue weighted by Gasteiger charge is 2.19. The van der Waals surface area contributed by atoms with E-state index in [2.05, 4.69) is 0 Å². The van der Waals surface area contributed by atoms with Gasteiger partial charge in [-0.25, -0.2) is 8.42 Å². The topological polar surface area (TPSA) is 72.9 Å². The van der Waals surface area contributed by atoms with Gasteiger partial charge in [-0.3, -0.25) is 4.79 Å². The van der Waals surface area contributed by atoms with Gasteiger partial charge in [0, 0.05) is 33.7 Å². The average molecular weight is 343 g/mol. The molecule has 0 aliphatic carbocycles. The van der Waals surface area contributed by atoms with Gasteiger partial charge in [-0.15, -0.1) is 0 Å². The van der Waals surface area contributed by atoms with Crippen LogP contribution in [0.25, 0.3) is 0 Å². The molecular weight excluding hydrogens is 318 g/mol. The van der Waals surface area contributed by atoms with Crippen molar-refractivity contribution in [2.75, 3.05) is 46.3 Å². The second kappa shape index (κ2) is 9.64. The van der Waals surface area contributed by atoms with Crippen molar-refractivity contribution in [2.24, 2.45) is 0 Å². The molecule has 23 heavy (non-hydrogen) atoms. The maximum absolute atomic E-state index is 12.3. The van der Waals surface area contributed by atoms with Gasteiger partial charge in [0.1, 0.15) is 0 Å². The van der Waals surface area contributed by atoms with Gasteiger partial charge in [-0.2, -0.15) is 0 Å². The van der Waals surface area contributed by atoms with Gasteiger partial charge in [-0.1, -0.05) is 17.7 Å². The molecule has 0 radical (unpaired) electrons. The van der Waals surface area contributed by atoms with Crippen LogP contribution >= 0.6 is 0 Å². The van der Waals surface area contributed by atoms with E-state index in [1.165, 1.54) is 0 Å². The number of ether oxygens (including phenoxy) is 2. The summed E-state index contributed by atoms with van der Waals surface area (Å²) in [5.41, 5.74) is 0.991. The molecule has 0 aromatic heterocycles. The minimum atomic E-state index is -3.46. The third kappa shape index (κ3) is 6.68. The van der Waals surface area contributed by atoms with Gasteiger partial charge >= 0.3 is 0 Å². The molecule has 0 saturated heterocycles. The molecule has 6 nitrogen and oxygen atoms in total. The van der Waals surface area contributed by atoms with Crippen LogP contribution in [0, 0.1) is 6.92 Å². The van der Waals surface area contributed by atoms with E-state index < -0.39 is 9.84 Å². The summed E-state index contributed by atoms with van der Waals surface area (Å²) in [4.78, 5) is 14.1. The molecule has 1 aromatic carbocycles. The Labute approximate surface area is 138 Å². The molecule has 0 atom stereocenters. The minimum absolute atomic E-state index is 0.0519. The molecule has 0 aliphatic heterocycles. The SMILES string of the molecule is COCCN(CCOC)C(=O)CCS(=O)(=O)c1ccc(C)cc1. The summed E-state index contributed by atoms with van der Waals surface area (Å²) in [6, 6.07) is 6.64. The molecule has 0 N–H and O–H groups in total. The van der Waals surface area contributed by atoms with Gasteiger partial charge in [0.05, 0.1) is 23.9 Å². The summed E-state index contributed by atoms with van der Waals surface area (Å²) in [6.07, 6.45) is -0.0519. The number of nitrogens with zero attached hydrogens (tertiary/aromatic N) is 1. The quantitative estimate of drug-likeness (QED) is 0.640. The second-order valence-electron chi connectivity index (χ2n) is 5.25. The molecule has 0 saturated carbocycles. The zero-order valence-corrected chi connectivity index (χ0v) is 14.8. The van der Waals surface area contributed by atoms with Crippen LogP contribution in [0.5, 0.6) is 0 Å². The van der Waals surface area contributed by atoms with Crippen LogP contribution in [-0.4, -0.2) is 65.5 Å². The Kier molecular flexibility index (Phi) is 8.22. The van der Waals surface area contributed by atoms with Gasteiger partial charge in [-0.05, 0) is 19.1 Å². The highest BCUT2D eigenvalue weighted by molar-refractivity contribution is 7.91. The lowest BCUT2D eigenvalue weighted by molar-refractivity contribution is -0.132. The number of aryl methyl sites for hydroxylation is 1. The number of sulfone groups is 1. The summed E-state index contributed by atoms with van der Waals surface area (Å²) in [5, 5.41) is 0. The molecule has 1 rings (SSSR count). The molecule has 0 fully saturated rings. The third-order valence-corrected chi connectivity index (χ3v) is 5.18. The zero-order chi connectivity index (χ0) is 17.3. The number of carbonyl (C=O) groups excluding carboxylic acids is 1. The van der Waals surface area contributed by atoms with Crippen molar-refractivity contribution in [2.45, 2.75) is 18.2 Å². The van der Waals surface area contributed by atoms with Crippen molar-refractivity contribution in [1.82, 2.24) is 4.90 Å². The Morgan fingerprint density at radius 2 is 1.57 bits per heavy atom. The van der Waals surface area contributed by atoms with Gasteiger partial charge in [0.2, 0.25) is 5.91 Å². The third-order valence-electron chi connectivity index (χ3n) is 3.45. The monoisotopic (exact) mass is 343 g/mol. The largest absolute Gasteiger partial charge is 0.383 e. The Hall–Kier alpha value is -1.44.